The lowest BCUT2D eigenvalue weighted by Crippen LogP contribution is -2.47. The first-order valence-corrected chi connectivity index (χ1v) is 15.8. The summed E-state index contributed by atoms with van der Waals surface area (Å²) in [6.45, 7) is 9.47. The molecule has 0 aliphatic rings. The zero-order valence-electron chi connectivity index (χ0n) is 24.6. The Labute approximate surface area is 259 Å². The van der Waals surface area contributed by atoms with Crippen LogP contribution in [-0.2, 0) is 29.7 Å². The molecule has 2 atom stereocenters. The monoisotopic (exact) mass is 669 g/mol. The van der Waals surface area contributed by atoms with Crippen molar-refractivity contribution in [1.29, 1.82) is 0 Å². The van der Waals surface area contributed by atoms with Gasteiger partial charge in [0, 0.05) is 22.0 Å². The first-order chi connectivity index (χ1) is 19.4. The smallest absolute Gasteiger partial charge is 0.421 e. The molecule has 240 valence electrons. The number of carbonyl (C=O) groups excluding carboxylic acids is 2. The van der Waals surface area contributed by atoms with E-state index in [-0.39, 0.29) is 5.02 Å². The first-order valence-electron chi connectivity index (χ1n) is 13.2. The SMILES string of the molecule is CC(C)(C)OC(=O)N[C@@H](CCS(=O)(=O)CCC(O)(c1ccc(-c2ccc(Cl)cc2Cl)cc1)C(F)(F)F)C(=O)OC(C)(C)C. The Balaban J connectivity index is 2.23. The highest BCUT2D eigenvalue weighted by molar-refractivity contribution is 7.91. The predicted molar refractivity (Wildman–Crippen MR) is 159 cm³/mol. The van der Waals surface area contributed by atoms with E-state index in [9.17, 15) is 36.3 Å². The van der Waals surface area contributed by atoms with Crippen molar-refractivity contribution in [2.45, 2.75) is 83.4 Å². The molecule has 0 spiro atoms. The summed E-state index contributed by atoms with van der Waals surface area (Å²) in [5.41, 5.74) is -5.01. The van der Waals surface area contributed by atoms with Crippen molar-refractivity contribution < 1.29 is 45.8 Å². The lowest BCUT2D eigenvalue weighted by molar-refractivity contribution is -0.267. The highest BCUT2D eigenvalue weighted by atomic mass is 35.5. The Hall–Kier alpha value is -2.54. The largest absolute Gasteiger partial charge is 0.458 e. The standard InChI is InChI=1S/C29H36Cl2F3NO7S/c1-26(2,3)41-24(36)23(35-25(37)42-27(4,5)6)13-15-43(39,40)16-14-28(38,29(32,33)34)19-9-7-18(8-10-19)21-12-11-20(30)17-22(21)31/h7-12,17,23,38H,13-16H2,1-6H3,(H,35,37)/t23-,28?/m0/s1. The van der Waals surface area contributed by atoms with E-state index in [1.807, 2.05) is 0 Å². The van der Waals surface area contributed by atoms with Crippen LogP contribution in [0.2, 0.25) is 10.0 Å². The number of halogens is 5. The molecule has 0 saturated heterocycles. The fourth-order valence-electron chi connectivity index (χ4n) is 3.87. The molecule has 1 amide bonds. The molecule has 2 N–H and O–H groups in total. The maximum Gasteiger partial charge on any atom is 0.421 e. The molecule has 0 fully saturated rings. The van der Waals surface area contributed by atoms with E-state index in [1.165, 1.54) is 18.2 Å². The van der Waals surface area contributed by atoms with E-state index in [4.69, 9.17) is 32.7 Å². The topological polar surface area (TPSA) is 119 Å². The van der Waals surface area contributed by atoms with Gasteiger partial charge in [0.15, 0.2) is 15.4 Å². The second-order valence-corrected chi connectivity index (χ2v) is 15.1. The van der Waals surface area contributed by atoms with Crippen LogP contribution in [0.3, 0.4) is 0 Å². The van der Waals surface area contributed by atoms with Gasteiger partial charge in [-0.1, -0.05) is 53.5 Å². The van der Waals surface area contributed by atoms with Gasteiger partial charge in [0.25, 0.3) is 0 Å². The molecule has 14 heteroatoms. The minimum Gasteiger partial charge on any atom is -0.458 e. The summed E-state index contributed by atoms with van der Waals surface area (Å²) in [6, 6.07) is 7.89. The van der Waals surface area contributed by atoms with Crippen molar-refractivity contribution in [3.8, 4) is 11.1 Å². The van der Waals surface area contributed by atoms with Crippen molar-refractivity contribution in [1.82, 2.24) is 5.32 Å². The van der Waals surface area contributed by atoms with Crippen LogP contribution < -0.4 is 5.32 Å². The summed E-state index contributed by atoms with van der Waals surface area (Å²) in [4.78, 5) is 25.0. The minimum atomic E-state index is -5.22. The Bertz CT molecular complexity index is 1400. The van der Waals surface area contributed by atoms with Crippen molar-refractivity contribution in [2.24, 2.45) is 0 Å². The van der Waals surface area contributed by atoms with Crippen molar-refractivity contribution in [3.63, 3.8) is 0 Å². The zero-order chi connectivity index (χ0) is 33.0. The van der Waals surface area contributed by atoms with E-state index in [0.29, 0.717) is 16.1 Å². The molecular weight excluding hydrogens is 634 g/mol. The van der Waals surface area contributed by atoms with Gasteiger partial charge in [-0.25, -0.2) is 18.0 Å². The van der Waals surface area contributed by atoms with Crippen LogP contribution in [0.25, 0.3) is 11.1 Å². The average Bonchev–Trinajstić information content (AvgIpc) is 2.82. The number of aliphatic hydroxyl groups is 1. The number of rotatable bonds is 10. The van der Waals surface area contributed by atoms with Gasteiger partial charge in [-0.3, -0.25) is 0 Å². The van der Waals surface area contributed by atoms with Gasteiger partial charge < -0.3 is 19.9 Å². The van der Waals surface area contributed by atoms with Gasteiger partial charge in [0.1, 0.15) is 17.2 Å². The van der Waals surface area contributed by atoms with Gasteiger partial charge in [-0.05, 0) is 71.2 Å². The molecule has 0 aliphatic heterocycles. The van der Waals surface area contributed by atoms with Gasteiger partial charge in [-0.2, -0.15) is 13.2 Å². The number of ether oxygens (including phenoxy) is 2. The number of alkyl halides is 3. The maximum absolute atomic E-state index is 14.2. The molecule has 0 radical (unpaired) electrons. The normalized spacial score (nSPS) is 14.9. The molecule has 1 unspecified atom stereocenters. The van der Waals surface area contributed by atoms with E-state index in [0.717, 1.165) is 12.1 Å². The number of esters is 1. The number of benzene rings is 2. The van der Waals surface area contributed by atoms with Gasteiger partial charge in [0.05, 0.1) is 11.5 Å². The molecule has 43 heavy (non-hydrogen) atoms. The predicted octanol–water partition coefficient (Wildman–Crippen LogP) is 6.84. The van der Waals surface area contributed by atoms with Crippen LogP contribution in [0, 0.1) is 0 Å². The number of hydrogen-bond donors (Lipinski definition) is 2. The molecule has 0 bridgehead atoms. The summed E-state index contributed by atoms with van der Waals surface area (Å²) in [5, 5.41) is 13.7. The molecular formula is C29H36Cl2F3NO7S. The minimum absolute atomic E-state index is 0.267. The lowest BCUT2D eigenvalue weighted by atomic mass is 9.89. The fourth-order valence-corrected chi connectivity index (χ4v) is 5.80. The molecule has 0 saturated carbocycles. The molecule has 0 aliphatic carbocycles. The van der Waals surface area contributed by atoms with E-state index < -0.39 is 80.8 Å². The van der Waals surface area contributed by atoms with E-state index in [2.05, 4.69) is 5.32 Å². The fraction of sp³-hybridized carbons (Fsp3) is 0.517. The third-order valence-electron chi connectivity index (χ3n) is 5.95. The van der Waals surface area contributed by atoms with Crippen LogP contribution in [-0.4, -0.2) is 60.5 Å². The summed E-state index contributed by atoms with van der Waals surface area (Å²) >= 11 is 12.1. The Morgan fingerprint density at radius 3 is 1.95 bits per heavy atom. The van der Waals surface area contributed by atoms with E-state index in [1.54, 1.807) is 53.7 Å². The van der Waals surface area contributed by atoms with Gasteiger partial charge >= 0.3 is 18.2 Å². The Morgan fingerprint density at radius 1 is 0.907 bits per heavy atom. The number of amides is 1. The maximum atomic E-state index is 14.2. The molecule has 8 nitrogen and oxygen atoms in total. The first kappa shape index (κ1) is 36.7. The zero-order valence-corrected chi connectivity index (χ0v) is 27.0. The molecule has 2 aromatic carbocycles. The second kappa shape index (κ2) is 13.6. The van der Waals surface area contributed by atoms with Crippen LogP contribution >= 0.6 is 23.2 Å². The van der Waals surface area contributed by atoms with Crippen LogP contribution in [0.5, 0.6) is 0 Å². The molecule has 0 aromatic heterocycles. The summed E-state index contributed by atoms with van der Waals surface area (Å²) < 4.78 is 78.6. The molecule has 0 heterocycles. The number of sulfone groups is 1. The van der Waals surface area contributed by atoms with Crippen molar-refractivity contribution in [3.05, 3.63) is 58.1 Å². The number of nitrogens with one attached hydrogen (secondary N) is 1. The summed E-state index contributed by atoms with van der Waals surface area (Å²) in [7, 11) is -4.28. The van der Waals surface area contributed by atoms with Crippen LogP contribution in [0.1, 0.15) is 59.9 Å². The molecule has 2 rings (SSSR count). The Kier molecular flexibility index (Phi) is 11.6. The summed E-state index contributed by atoms with van der Waals surface area (Å²) in [6.07, 6.45) is -7.94. The van der Waals surface area contributed by atoms with Crippen LogP contribution in [0.15, 0.2) is 42.5 Å². The third-order valence-corrected chi connectivity index (χ3v) is 8.18. The Morgan fingerprint density at radius 2 is 1.47 bits per heavy atom. The highest BCUT2D eigenvalue weighted by Gasteiger charge is 2.55. The number of hydrogen-bond acceptors (Lipinski definition) is 7. The summed E-state index contributed by atoms with van der Waals surface area (Å²) in [5.74, 6) is -2.79. The van der Waals surface area contributed by atoms with Gasteiger partial charge in [-0.15, -0.1) is 0 Å². The quantitative estimate of drug-likeness (QED) is 0.266. The molecule has 2 aromatic rings. The third kappa shape index (κ3) is 11.2. The second-order valence-electron chi connectivity index (χ2n) is 12.0. The van der Waals surface area contributed by atoms with Gasteiger partial charge in [0.2, 0.25) is 0 Å². The lowest BCUT2D eigenvalue weighted by Gasteiger charge is -2.31. The van der Waals surface area contributed by atoms with E-state index >= 15 is 0 Å². The highest BCUT2D eigenvalue weighted by Crippen LogP contribution is 2.43. The van der Waals surface area contributed by atoms with Crippen molar-refractivity contribution in [2.75, 3.05) is 11.5 Å². The van der Waals surface area contributed by atoms with Crippen molar-refractivity contribution >= 4 is 45.1 Å². The average molecular weight is 671 g/mol. The van der Waals surface area contributed by atoms with Crippen LogP contribution in [0.4, 0.5) is 18.0 Å². The number of alkyl carbamates (subject to hydrolysis) is 1. The number of carbonyl (C=O) groups is 2.